The lowest BCUT2D eigenvalue weighted by atomic mass is 9.80. The van der Waals surface area contributed by atoms with Crippen LogP contribution in [0.1, 0.15) is 30.0 Å². The summed E-state index contributed by atoms with van der Waals surface area (Å²) in [4.78, 5) is 11.6. The first-order chi connectivity index (χ1) is 17.5. The van der Waals surface area contributed by atoms with Gasteiger partial charge in [0.2, 0.25) is 0 Å². The molecule has 0 aromatic heterocycles. The summed E-state index contributed by atoms with van der Waals surface area (Å²) in [7, 11) is 0. The molecule has 36 heavy (non-hydrogen) atoms. The van der Waals surface area contributed by atoms with Crippen LogP contribution in [-0.4, -0.2) is 65.0 Å². The molecule has 0 amide bonds. The van der Waals surface area contributed by atoms with Crippen molar-refractivity contribution >= 4 is 5.97 Å². The van der Waals surface area contributed by atoms with E-state index in [1.54, 1.807) is 0 Å². The third kappa shape index (κ3) is 5.36. The summed E-state index contributed by atoms with van der Waals surface area (Å²) in [6.45, 7) is 0.907. The van der Waals surface area contributed by atoms with E-state index in [4.69, 9.17) is 14.2 Å². The fourth-order valence-corrected chi connectivity index (χ4v) is 4.83. The number of carbonyl (C=O) groups excluding carboxylic acids is 1. The minimum Gasteiger partial charge on any atom is -0.457 e. The molecule has 0 aliphatic carbocycles. The van der Waals surface area contributed by atoms with Crippen LogP contribution in [0.15, 0.2) is 91.0 Å². The number of ether oxygens (including phenoxy) is 3. The fraction of sp³-hybridized carbons (Fsp3) is 0.345. The monoisotopic (exact) mass is 492 g/mol. The van der Waals surface area contributed by atoms with E-state index in [2.05, 4.69) is 0 Å². The molecule has 0 spiro atoms. The van der Waals surface area contributed by atoms with E-state index in [9.17, 15) is 20.1 Å². The largest absolute Gasteiger partial charge is 0.457 e. The molecule has 7 nitrogen and oxygen atoms in total. The summed E-state index contributed by atoms with van der Waals surface area (Å²) in [6, 6.07) is 29.4. The van der Waals surface area contributed by atoms with E-state index >= 15 is 0 Å². The van der Waals surface area contributed by atoms with Gasteiger partial charge in [-0.2, -0.15) is 0 Å². The number of carbonyl (C=O) groups is 1. The number of benzene rings is 3. The Morgan fingerprint density at radius 2 is 1.28 bits per heavy atom. The van der Waals surface area contributed by atoms with Gasteiger partial charge in [0, 0.05) is 20.0 Å². The number of aliphatic hydroxyl groups excluding tert-OH is 3. The van der Waals surface area contributed by atoms with Crippen LogP contribution in [0.4, 0.5) is 0 Å². The minimum atomic E-state index is -1.40. The van der Waals surface area contributed by atoms with E-state index in [1.807, 2.05) is 91.0 Å². The molecule has 1 saturated heterocycles. The zero-order chi connectivity index (χ0) is 25.5. The Morgan fingerprint density at radius 3 is 1.69 bits per heavy atom. The number of aliphatic hydroxyl groups is 3. The summed E-state index contributed by atoms with van der Waals surface area (Å²) in [5.41, 5.74) is 1.63. The van der Waals surface area contributed by atoms with Crippen LogP contribution in [-0.2, 0) is 24.6 Å². The average molecular weight is 493 g/mol. The van der Waals surface area contributed by atoms with Gasteiger partial charge in [0.05, 0.1) is 12.7 Å². The van der Waals surface area contributed by atoms with E-state index in [0.717, 1.165) is 16.7 Å². The Balaban J connectivity index is 1.71. The molecule has 0 radical (unpaired) electrons. The molecule has 5 atom stereocenters. The van der Waals surface area contributed by atoms with Crippen molar-refractivity contribution in [2.75, 3.05) is 13.2 Å². The summed E-state index contributed by atoms with van der Waals surface area (Å²) in [5, 5.41) is 31.2. The quantitative estimate of drug-likeness (QED) is 0.312. The van der Waals surface area contributed by atoms with Gasteiger partial charge >= 0.3 is 5.97 Å². The van der Waals surface area contributed by atoms with Crippen molar-refractivity contribution in [2.45, 2.75) is 49.5 Å². The Hall–Kier alpha value is -3.07. The second-order valence-corrected chi connectivity index (χ2v) is 8.87. The van der Waals surface area contributed by atoms with Gasteiger partial charge in [-0.05, 0) is 16.7 Å². The highest BCUT2D eigenvalue weighted by Gasteiger charge is 2.47. The molecule has 1 aliphatic rings. The first-order valence-corrected chi connectivity index (χ1v) is 12.1. The first kappa shape index (κ1) is 26.0. The van der Waals surface area contributed by atoms with E-state index in [1.165, 1.54) is 6.92 Å². The van der Waals surface area contributed by atoms with Crippen molar-refractivity contribution in [3.05, 3.63) is 108 Å². The van der Waals surface area contributed by atoms with Gasteiger partial charge in [-0.15, -0.1) is 0 Å². The van der Waals surface area contributed by atoms with Crippen LogP contribution in [0.2, 0.25) is 0 Å². The molecule has 3 N–H and O–H groups in total. The zero-order valence-electron chi connectivity index (χ0n) is 20.1. The molecule has 0 saturated carbocycles. The normalized spacial score (nSPS) is 24.3. The highest BCUT2D eigenvalue weighted by molar-refractivity contribution is 5.66. The van der Waals surface area contributed by atoms with E-state index in [-0.39, 0.29) is 19.6 Å². The van der Waals surface area contributed by atoms with Crippen LogP contribution >= 0.6 is 0 Å². The van der Waals surface area contributed by atoms with Crippen LogP contribution < -0.4 is 0 Å². The molecule has 1 fully saturated rings. The van der Waals surface area contributed by atoms with Gasteiger partial charge in [-0.1, -0.05) is 91.0 Å². The summed E-state index contributed by atoms with van der Waals surface area (Å²) < 4.78 is 18.0. The van der Waals surface area contributed by atoms with Crippen LogP contribution in [0.5, 0.6) is 0 Å². The van der Waals surface area contributed by atoms with Crippen molar-refractivity contribution in [1.82, 2.24) is 0 Å². The second-order valence-electron chi connectivity index (χ2n) is 8.87. The lowest BCUT2D eigenvalue weighted by Gasteiger charge is -2.44. The molecule has 0 unspecified atom stereocenters. The lowest BCUT2D eigenvalue weighted by Crippen LogP contribution is -2.60. The predicted molar refractivity (Wildman–Crippen MR) is 133 cm³/mol. The Labute approximate surface area is 210 Å². The predicted octanol–water partition coefficient (Wildman–Crippen LogP) is 2.80. The SMILES string of the molecule is CC(=O)O[C@@H]1[C@@H](O)[C@H](O)[C@@H](COC(c2ccccc2)(c2ccccc2)c2ccccc2)O[C@@H]1CCO. The van der Waals surface area contributed by atoms with Gasteiger partial charge in [-0.25, -0.2) is 0 Å². The highest BCUT2D eigenvalue weighted by atomic mass is 16.6. The molecule has 3 aromatic rings. The standard InChI is InChI=1S/C29H32O7/c1-20(31)35-28-24(17-18-30)36-25(26(32)27(28)33)19-34-29(21-11-5-2-6-12-21,22-13-7-3-8-14-22)23-15-9-4-10-16-23/h2-16,24-28,30,32-33H,17-19H2,1H3/t24-,25-,26-,27+,28+/m1/s1. The number of hydrogen-bond donors (Lipinski definition) is 3. The second kappa shape index (κ2) is 11.8. The maximum absolute atomic E-state index is 11.6. The van der Waals surface area contributed by atoms with Crippen molar-refractivity contribution < 1.29 is 34.3 Å². The minimum absolute atomic E-state index is 0.0777. The summed E-state index contributed by atoms with van der Waals surface area (Å²) in [6.07, 6.45) is -5.47. The summed E-state index contributed by atoms with van der Waals surface area (Å²) >= 11 is 0. The van der Waals surface area contributed by atoms with Crippen molar-refractivity contribution in [2.24, 2.45) is 0 Å². The smallest absolute Gasteiger partial charge is 0.303 e. The van der Waals surface area contributed by atoms with Gasteiger partial charge in [0.1, 0.15) is 23.9 Å². The molecule has 4 rings (SSSR count). The molecule has 7 heteroatoms. The van der Waals surface area contributed by atoms with Crippen LogP contribution in [0.3, 0.4) is 0 Å². The maximum Gasteiger partial charge on any atom is 0.303 e. The van der Waals surface area contributed by atoms with Gasteiger partial charge in [0.15, 0.2) is 6.10 Å². The third-order valence-corrected chi connectivity index (χ3v) is 6.50. The van der Waals surface area contributed by atoms with E-state index < -0.39 is 42.1 Å². The molecule has 190 valence electrons. The van der Waals surface area contributed by atoms with Crippen molar-refractivity contribution in [3.8, 4) is 0 Å². The zero-order valence-corrected chi connectivity index (χ0v) is 20.1. The van der Waals surface area contributed by atoms with Crippen LogP contribution in [0.25, 0.3) is 0 Å². The molecular weight excluding hydrogens is 460 g/mol. The lowest BCUT2D eigenvalue weighted by molar-refractivity contribution is -0.247. The fourth-order valence-electron chi connectivity index (χ4n) is 4.83. The van der Waals surface area contributed by atoms with Gasteiger partial charge in [0.25, 0.3) is 0 Å². The molecular formula is C29H32O7. The Morgan fingerprint density at radius 1 is 0.806 bits per heavy atom. The molecule has 3 aromatic carbocycles. The topological polar surface area (TPSA) is 105 Å². The Kier molecular flexibility index (Phi) is 8.51. The van der Waals surface area contributed by atoms with Gasteiger partial charge < -0.3 is 29.5 Å². The number of hydrogen-bond acceptors (Lipinski definition) is 7. The van der Waals surface area contributed by atoms with Gasteiger partial charge in [-0.3, -0.25) is 4.79 Å². The first-order valence-electron chi connectivity index (χ1n) is 12.1. The molecule has 0 bridgehead atoms. The molecule has 1 aliphatic heterocycles. The van der Waals surface area contributed by atoms with E-state index in [0.29, 0.717) is 0 Å². The number of rotatable bonds is 9. The van der Waals surface area contributed by atoms with Crippen molar-refractivity contribution in [3.63, 3.8) is 0 Å². The average Bonchev–Trinajstić information content (AvgIpc) is 2.91. The molecule has 1 heterocycles. The Bertz CT molecular complexity index is 994. The van der Waals surface area contributed by atoms with Crippen LogP contribution in [0, 0.1) is 0 Å². The third-order valence-electron chi connectivity index (χ3n) is 6.50. The summed E-state index contributed by atoms with van der Waals surface area (Å²) in [5.74, 6) is -0.608. The highest BCUT2D eigenvalue weighted by Crippen LogP contribution is 2.41. The van der Waals surface area contributed by atoms with Crippen molar-refractivity contribution in [1.29, 1.82) is 0 Å². The number of esters is 1. The maximum atomic E-state index is 11.6.